The number of anilines is 1. The second-order valence-corrected chi connectivity index (χ2v) is 7.18. The Morgan fingerprint density at radius 2 is 1.62 bits per heavy atom. The number of rotatable bonds is 5. The van der Waals surface area contributed by atoms with Crippen LogP contribution in [-0.2, 0) is 4.79 Å². The lowest BCUT2D eigenvalue weighted by Gasteiger charge is -2.29. The average molecular weight is 435 g/mol. The van der Waals surface area contributed by atoms with E-state index in [4.69, 9.17) is 4.74 Å². The van der Waals surface area contributed by atoms with Gasteiger partial charge in [-0.2, -0.15) is 8.78 Å². The summed E-state index contributed by atoms with van der Waals surface area (Å²) in [4.78, 5) is 27.8. The maximum Gasteiger partial charge on any atom is 0.387 e. The first kappa shape index (κ1) is 21.2. The molecule has 0 N–H and O–H groups in total. The van der Waals surface area contributed by atoms with Gasteiger partial charge in [0.15, 0.2) is 11.5 Å². The molecule has 1 aliphatic heterocycles. The van der Waals surface area contributed by atoms with Crippen LogP contribution in [-0.4, -0.2) is 25.5 Å². The third-order valence-electron chi connectivity index (χ3n) is 5.06. The monoisotopic (exact) mass is 435 g/mol. The van der Waals surface area contributed by atoms with Gasteiger partial charge in [-0.1, -0.05) is 36.4 Å². The van der Waals surface area contributed by atoms with Crippen LogP contribution < -0.4 is 14.4 Å². The highest BCUT2D eigenvalue weighted by Gasteiger charge is 2.35. The zero-order valence-corrected chi connectivity index (χ0v) is 17.3. The summed E-state index contributed by atoms with van der Waals surface area (Å²) >= 11 is 0. The highest BCUT2D eigenvalue weighted by Crippen LogP contribution is 2.35. The number of fused-ring (bicyclic) bond motifs is 1. The van der Waals surface area contributed by atoms with E-state index in [-0.39, 0.29) is 11.5 Å². The molecule has 7 heteroatoms. The van der Waals surface area contributed by atoms with Crippen molar-refractivity contribution in [1.29, 1.82) is 0 Å². The molecule has 1 heterocycles. The number of carbonyl (C=O) groups excluding carboxylic acids is 2. The summed E-state index contributed by atoms with van der Waals surface area (Å²) in [6.45, 7) is -1.11. The third kappa shape index (κ3) is 3.97. The summed E-state index contributed by atoms with van der Waals surface area (Å²) < 4.78 is 34.9. The van der Waals surface area contributed by atoms with Gasteiger partial charge in [0, 0.05) is 11.1 Å². The first-order valence-electron chi connectivity index (χ1n) is 9.78. The lowest BCUT2D eigenvalue weighted by atomic mass is 9.91. The zero-order valence-electron chi connectivity index (χ0n) is 17.3. The summed E-state index contributed by atoms with van der Waals surface area (Å²) in [6.07, 6.45) is 1.60. The molecule has 0 atom stereocenters. The fourth-order valence-corrected chi connectivity index (χ4v) is 3.63. The number of halogens is 2. The van der Waals surface area contributed by atoms with Crippen molar-refractivity contribution in [2.75, 3.05) is 12.0 Å². The Kier molecular flexibility index (Phi) is 5.73. The van der Waals surface area contributed by atoms with Crippen LogP contribution in [0.25, 0.3) is 11.6 Å². The summed E-state index contributed by atoms with van der Waals surface area (Å²) in [5.41, 5.74) is 3.10. The number of amides is 2. The maximum atomic E-state index is 13.5. The van der Waals surface area contributed by atoms with Gasteiger partial charge < -0.3 is 9.47 Å². The molecule has 32 heavy (non-hydrogen) atoms. The largest absolute Gasteiger partial charge is 0.493 e. The minimum atomic E-state index is -2.99. The minimum absolute atomic E-state index is 0.0998. The Bertz CT molecular complexity index is 1240. The molecule has 3 aromatic rings. The van der Waals surface area contributed by atoms with E-state index in [9.17, 15) is 18.4 Å². The summed E-state index contributed by atoms with van der Waals surface area (Å²) in [6, 6.07) is 18.4. The van der Waals surface area contributed by atoms with E-state index in [2.05, 4.69) is 4.74 Å². The summed E-state index contributed by atoms with van der Waals surface area (Å²) in [5.74, 6) is -0.905. The van der Waals surface area contributed by atoms with E-state index in [1.807, 2.05) is 13.0 Å². The standard InChI is InChI=1S/C25H19F2NO4/c1-15-6-5-7-17(12-15)28-23(29)19-9-4-3-8-18(19)20(24(28)30)13-16-10-11-21(32-25(26)27)22(14-16)31-2/h3-14,25H,1-2H3. The molecular formula is C25H19F2NO4. The molecule has 3 aromatic carbocycles. The topological polar surface area (TPSA) is 55.8 Å². The quantitative estimate of drug-likeness (QED) is 0.401. The first-order chi connectivity index (χ1) is 15.4. The van der Waals surface area contributed by atoms with Gasteiger partial charge in [-0.05, 0) is 60.0 Å². The van der Waals surface area contributed by atoms with Crippen LogP contribution in [0, 0.1) is 6.92 Å². The van der Waals surface area contributed by atoms with Crippen molar-refractivity contribution in [3.05, 3.63) is 89.0 Å². The molecule has 0 aliphatic carbocycles. The summed E-state index contributed by atoms with van der Waals surface area (Å²) in [5, 5.41) is 0. The number of alkyl halides is 2. The first-order valence-corrected chi connectivity index (χ1v) is 9.78. The molecule has 0 saturated heterocycles. The van der Waals surface area contributed by atoms with Crippen LogP contribution in [0.4, 0.5) is 14.5 Å². The minimum Gasteiger partial charge on any atom is -0.493 e. The van der Waals surface area contributed by atoms with Gasteiger partial charge in [0.2, 0.25) is 0 Å². The molecule has 0 bridgehead atoms. The van der Waals surface area contributed by atoms with Gasteiger partial charge in [0.1, 0.15) is 0 Å². The average Bonchev–Trinajstić information content (AvgIpc) is 2.77. The highest BCUT2D eigenvalue weighted by atomic mass is 19.3. The second-order valence-electron chi connectivity index (χ2n) is 7.18. The van der Waals surface area contributed by atoms with Crippen molar-refractivity contribution in [1.82, 2.24) is 0 Å². The predicted octanol–water partition coefficient (Wildman–Crippen LogP) is 5.33. The molecule has 2 amide bonds. The second kappa shape index (κ2) is 8.63. The van der Waals surface area contributed by atoms with Gasteiger partial charge >= 0.3 is 6.61 Å². The van der Waals surface area contributed by atoms with Gasteiger partial charge in [-0.25, -0.2) is 4.90 Å². The Balaban J connectivity index is 1.84. The van der Waals surface area contributed by atoms with Gasteiger partial charge in [0.05, 0.1) is 12.8 Å². The predicted molar refractivity (Wildman–Crippen MR) is 117 cm³/mol. The van der Waals surface area contributed by atoms with Gasteiger partial charge in [-0.3, -0.25) is 9.59 Å². The Hall–Kier alpha value is -4.00. The highest BCUT2D eigenvalue weighted by molar-refractivity contribution is 6.43. The van der Waals surface area contributed by atoms with Crippen LogP contribution in [0.5, 0.6) is 11.5 Å². The number of benzene rings is 3. The molecule has 162 valence electrons. The lowest BCUT2D eigenvalue weighted by Crippen LogP contribution is -2.41. The molecule has 0 aromatic heterocycles. The normalized spacial score (nSPS) is 14.7. The third-order valence-corrected chi connectivity index (χ3v) is 5.06. The van der Waals surface area contributed by atoms with Gasteiger partial charge in [-0.15, -0.1) is 0 Å². The van der Waals surface area contributed by atoms with Crippen molar-refractivity contribution in [3.63, 3.8) is 0 Å². The molecule has 4 rings (SSSR count). The Labute approximate surface area is 183 Å². The zero-order chi connectivity index (χ0) is 22.8. The number of nitrogens with zero attached hydrogens (tertiary/aromatic N) is 1. The molecule has 0 saturated carbocycles. The smallest absolute Gasteiger partial charge is 0.387 e. The Morgan fingerprint density at radius 1 is 0.875 bits per heavy atom. The molecule has 0 unspecified atom stereocenters. The Morgan fingerprint density at radius 3 is 2.31 bits per heavy atom. The van der Waals surface area contributed by atoms with Crippen molar-refractivity contribution < 1.29 is 27.8 Å². The fourth-order valence-electron chi connectivity index (χ4n) is 3.63. The number of imide groups is 1. The number of carbonyl (C=O) groups is 2. The van der Waals surface area contributed by atoms with Crippen molar-refractivity contribution >= 4 is 29.2 Å². The molecule has 0 spiro atoms. The molecule has 5 nitrogen and oxygen atoms in total. The summed E-state index contributed by atoms with van der Waals surface area (Å²) in [7, 11) is 1.34. The number of hydrogen-bond donors (Lipinski definition) is 0. The van der Waals surface area contributed by atoms with E-state index in [1.165, 1.54) is 25.3 Å². The number of methoxy groups -OCH3 is 1. The maximum absolute atomic E-state index is 13.5. The van der Waals surface area contributed by atoms with Crippen LogP contribution in [0.1, 0.15) is 27.0 Å². The van der Waals surface area contributed by atoms with Crippen LogP contribution in [0.3, 0.4) is 0 Å². The molecule has 0 radical (unpaired) electrons. The molecular weight excluding hydrogens is 416 g/mol. The van der Waals surface area contributed by atoms with Crippen molar-refractivity contribution in [2.45, 2.75) is 13.5 Å². The van der Waals surface area contributed by atoms with Crippen molar-refractivity contribution in [3.8, 4) is 11.5 Å². The van der Waals surface area contributed by atoms with E-state index in [1.54, 1.807) is 48.5 Å². The van der Waals surface area contributed by atoms with Crippen molar-refractivity contribution in [2.24, 2.45) is 0 Å². The number of ether oxygens (including phenoxy) is 2. The number of hydrogen-bond acceptors (Lipinski definition) is 4. The molecule has 0 fully saturated rings. The molecule has 1 aliphatic rings. The van der Waals surface area contributed by atoms with Crippen LogP contribution >= 0.6 is 0 Å². The van der Waals surface area contributed by atoms with Gasteiger partial charge in [0.25, 0.3) is 11.8 Å². The fraction of sp³-hybridized carbons (Fsp3) is 0.120. The number of aryl methyl sites for hydroxylation is 1. The van der Waals surface area contributed by atoms with E-state index >= 15 is 0 Å². The van der Waals surface area contributed by atoms with Crippen LogP contribution in [0.2, 0.25) is 0 Å². The SMILES string of the molecule is COc1cc(C=C2C(=O)N(c3cccc(C)c3)C(=O)c3ccccc32)ccc1OC(F)F. The lowest BCUT2D eigenvalue weighted by molar-refractivity contribution is -0.112. The van der Waals surface area contributed by atoms with E-state index in [0.29, 0.717) is 28.0 Å². The van der Waals surface area contributed by atoms with E-state index < -0.39 is 18.4 Å². The van der Waals surface area contributed by atoms with E-state index in [0.717, 1.165) is 10.5 Å². The van der Waals surface area contributed by atoms with Crippen LogP contribution in [0.15, 0.2) is 66.7 Å².